The van der Waals surface area contributed by atoms with Crippen LogP contribution >= 0.6 is 0 Å². The zero-order valence-electron chi connectivity index (χ0n) is 22.5. The molecular weight excluding hydrogens is 458 g/mol. The molecule has 1 saturated heterocycles. The van der Waals surface area contributed by atoms with Crippen LogP contribution in [0.5, 0.6) is 17.2 Å². The molecule has 8 heteroatoms. The Bertz CT molecular complexity index is 1010. The molecule has 1 aliphatic rings. The third-order valence-electron chi connectivity index (χ3n) is 6.36. The predicted octanol–water partition coefficient (Wildman–Crippen LogP) is 5.17. The number of rotatable bonds is 12. The number of carbonyl (C=O) groups excluding carboxylic acids is 2. The Labute approximate surface area is 215 Å². The van der Waals surface area contributed by atoms with E-state index in [1.165, 1.54) is 4.90 Å². The van der Waals surface area contributed by atoms with Crippen LogP contribution < -0.4 is 14.2 Å². The van der Waals surface area contributed by atoms with Crippen molar-refractivity contribution in [2.24, 2.45) is 0 Å². The first kappa shape index (κ1) is 27.4. The molecule has 0 spiro atoms. The van der Waals surface area contributed by atoms with Crippen molar-refractivity contribution >= 4 is 11.8 Å². The van der Waals surface area contributed by atoms with Crippen LogP contribution in [0, 0.1) is 0 Å². The summed E-state index contributed by atoms with van der Waals surface area (Å²) < 4.78 is 19.6. The molecule has 2 amide bonds. The van der Waals surface area contributed by atoms with E-state index in [1.807, 2.05) is 29.2 Å². The molecule has 1 aromatic carbocycles. The van der Waals surface area contributed by atoms with Crippen LogP contribution in [0.1, 0.15) is 79.8 Å². The molecular formula is C28H41N3O5. The number of aromatic nitrogens is 1. The van der Waals surface area contributed by atoms with E-state index >= 15 is 0 Å². The van der Waals surface area contributed by atoms with Gasteiger partial charge in [0, 0.05) is 32.9 Å². The summed E-state index contributed by atoms with van der Waals surface area (Å²) in [5, 5.41) is 0. The number of unbranched alkanes of at least 4 members (excludes halogenated alkanes) is 2. The first-order valence-corrected chi connectivity index (χ1v) is 13.1. The van der Waals surface area contributed by atoms with E-state index in [4.69, 9.17) is 14.2 Å². The van der Waals surface area contributed by atoms with Gasteiger partial charge < -0.3 is 24.0 Å². The average Bonchev–Trinajstić information content (AvgIpc) is 3.22. The lowest BCUT2D eigenvalue weighted by atomic mass is 10.1. The van der Waals surface area contributed by atoms with Crippen LogP contribution in [-0.4, -0.2) is 73.7 Å². The highest BCUT2D eigenvalue weighted by Gasteiger charge is 2.37. The van der Waals surface area contributed by atoms with Crippen molar-refractivity contribution in [1.82, 2.24) is 14.4 Å². The van der Waals surface area contributed by atoms with Gasteiger partial charge in [-0.05, 0) is 56.4 Å². The quantitative estimate of drug-likeness (QED) is 0.377. The molecule has 0 bridgehead atoms. The van der Waals surface area contributed by atoms with Gasteiger partial charge in [0.1, 0.15) is 5.75 Å². The summed E-state index contributed by atoms with van der Waals surface area (Å²) in [5.41, 5.74) is 1.31. The molecule has 0 radical (unpaired) electrons. The predicted molar refractivity (Wildman–Crippen MR) is 141 cm³/mol. The number of nitrogens with zero attached hydrogens (tertiary/aromatic N) is 3. The molecule has 1 aromatic heterocycles. The third-order valence-corrected chi connectivity index (χ3v) is 6.36. The lowest BCUT2D eigenvalue weighted by Crippen LogP contribution is -2.37. The van der Waals surface area contributed by atoms with Crippen molar-refractivity contribution in [2.45, 2.75) is 58.8 Å². The zero-order chi connectivity index (χ0) is 26.1. The Hall–Kier alpha value is -3.16. The second kappa shape index (κ2) is 13.2. The van der Waals surface area contributed by atoms with Crippen LogP contribution in [0.2, 0.25) is 0 Å². The summed E-state index contributed by atoms with van der Waals surface area (Å²) in [6, 6.07) is 7.35. The van der Waals surface area contributed by atoms with Crippen molar-refractivity contribution in [2.75, 3.05) is 47.5 Å². The highest BCUT2D eigenvalue weighted by molar-refractivity contribution is 6.04. The minimum atomic E-state index is -0.254. The van der Waals surface area contributed by atoms with Gasteiger partial charge in [-0.15, -0.1) is 0 Å². The Morgan fingerprint density at radius 2 is 1.42 bits per heavy atom. The topological polar surface area (TPSA) is 73.2 Å². The first-order valence-electron chi connectivity index (χ1n) is 13.1. The number of methoxy groups -OCH3 is 1. The lowest BCUT2D eigenvalue weighted by Gasteiger charge is -2.27. The second-order valence-electron chi connectivity index (χ2n) is 9.35. The summed E-state index contributed by atoms with van der Waals surface area (Å²) in [5.74, 6) is 0.991. The van der Waals surface area contributed by atoms with Crippen molar-refractivity contribution in [1.29, 1.82) is 0 Å². The maximum atomic E-state index is 14.1. The number of hydrogen-bond donors (Lipinski definition) is 0. The minimum absolute atomic E-state index is 0.143. The molecule has 1 aliphatic heterocycles. The number of likely N-dealkylation sites (tertiary alicyclic amines) is 1. The fraction of sp³-hybridized carbons (Fsp3) is 0.571. The largest absolute Gasteiger partial charge is 0.497 e. The summed E-state index contributed by atoms with van der Waals surface area (Å²) in [6.07, 6.45) is 6.59. The van der Waals surface area contributed by atoms with Crippen molar-refractivity contribution in [3.05, 3.63) is 35.7 Å². The Kier molecular flexibility index (Phi) is 10.1. The smallest absolute Gasteiger partial charge is 0.274 e. The van der Waals surface area contributed by atoms with Gasteiger partial charge in [-0.25, -0.2) is 0 Å². The van der Waals surface area contributed by atoms with Gasteiger partial charge >= 0.3 is 0 Å². The van der Waals surface area contributed by atoms with Gasteiger partial charge in [-0.1, -0.05) is 26.7 Å². The molecule has 36 heavy (non-hydrogen) atoms. The average molecular weight is 500 g/mol. The lowest BCUT2D eigenvalue weighted by molar-refractivity contribution is 0.0710. The number of piperidine rings is 1. The van der Waals surface area contributed by atoms with E-state index in [0.717, 1.165) is 44.9 Å². The molecule has 8 nitrogen and oxygen atoms in total. The Morgan fingerprint density at radius 3 is 1.92 bits per heavy atom. The highest BCUT2D eigenvalue weighted by atomic mass is 16.5. The third kappa shape index (κ3) is 6.15. The standard InChI is InChI=1S/C28H41N3O5/c1-6-8-19-35-25-23(27(32)29(3)4)31(21-13-15-22(34-5)16-14-21)24(26(25)36-20-9-7-2)28(33)30-17-11-10-12-18-30/h13-16H,6-12,17-20H2,1-5H3. The van der Waals surface area contributed by atoms with Gasteiger partial charge in [0.05, 0.1) is 20.3 Å². The molecule has 0 saturated carbocycles. The summed E-state index contributed by atoms with van der Waals surface area (Å²) in [6.45, 7) is 6.41. The molecule has 3 rings (SSSR count). The second-order valence-corrected chi connectivity index (χ2v) is 9.35. The number of carbonyl (C=O) groups is 2. The van der Waals surface area contributed by atoms with E-state index < -0.39 is 0 Å². The zero-order valence-corrected chi connectivity index (χ0v) is 22.5. The van der Waals surface area contributed by atoms with Gasteiger partial charge in [0.15, 0.2) is 22.9 Å². The molecule has 198 valence electrons. The Balaban J connectivity index is 2.29. The van der Waals surface area contributed by atoms with Crippen LogP contribution in [0.25, 0.3) is 5.69 Å². The van der Waals surface area contributed by atoms with Crippen LogP contribution in [0.3, 0.4) is 0 Å². The van der Waals surface area contributed by atoms with Gasteiger partial charge in [0.2, 0.25) is 0 Å². The fourth-order valence-corrected chi connectivity index (χ4v) is 4.27. The van der Waals surface area contributed by atoms with E-state index in [9.17, 15) is 9.59 Å². The van der Waals surface area contributed by atoms with E-state index in [2.05, 4.69) is 13.8 Å². The SMILES string of the molecule is CCCCOc1c(OCCCC)c(C(=O)N2CCCCC2)n(-c2ccc(OC)cc2)c1C(=O)N(C)C. The number of hydrogen-bond acceptors (Lipinski definition) is 5. The molecule has 0 atom stereocenters. The van der Waals surface area contributed by atoms with Gasteiger partial charge in [0.25, 0.3) is 11.8 Å². The summed E-state index contributed by atoms with van der Waals surface area (Å²) in [4.78, 5) is 31.1. The minimum Gasteiger partial charge on any atom is -0.497 e. The highest BCUT2D eigenvalue weighted by Crippen LogP contribution is 2.42. The summed E-state index contributed by atoms with van der Waals surface area (Å²) in [7, 11) is 5.01. The van der Waals surface area contributed by atoms with Crippen molar-refractivity contribution in [3.8, 4) is 22.9 Å². The number of benzene rings is 1. The maximum Gasteiger partial charge on any atom is 0.274 e. The van der Waals surface area contributed by atoms with Crippen LogP contribution in [0.4, 0.5) is 0 Å². The molecule has 0 unspecified atom stereocenters. The molecule has 2 aromatic rings. The van der Waals surface area contributed by atoms with Crippen LogP contribution in [-0.2, 0) is 0 Å². The monoisotopic (exact) mass is 499 g/mol. The normalized spacial score (nSPS) is 13.4. The summed E-state index contributed by atoms with van der Waals surface area (Å²) >= 11 is 0. The van der Waals surface area contributed by atoms with Gasteiger partial charge in [-0.2, -0.15) is 0 Å². The van der Waals surface area contributed by atoms with E-state index in [0.29, 0.717) is 60.6 Å². The molecule has 0 N–H and O–H groups in total. The van der Waals surface area contributed by atoms with E-state index in [1.54, 1.807) is 25.8 Å². The Morgan fingerprint density at radius 1 is 0.861 bits per heavy atom. The van der Waals surface area contributed by atoms with Gasteiger partial charge in [-0.3, -0.25) is 14.2 Å². The fourth-order valence-electron chi connectivity index (χ4n) is 4.27. The van der Waals surface area contributed by atoms with Crippen molar-refractivity contribution in [3.63, 3.8) is 0 Å². The number of ether oxygens (including phenoxy) is 3. The van der Waals surface area contributed by atoms with Crippen molar-refractivity contribution < 1.29 is 23.8 Å². The van der Waals surface area contributed by atoms with Crippen LogP contribution in [0.15, 0.2) is 24.3 Å². The molecule has 1 fully saturated rings. The maximum absolute atomic E-state index is 14.1. The molecule has 0 aliphatic carbocycles. The molecule has 2 heterocycles. The first-order chi connectivity index (χ1) is 17.4. The number of amides is 2. The van der Waals surface area contributed by atoms with E-state index in [-0.39, 0.29) is 11.8 Å².